The van der Waals surface area contributed by atoms with Gasteiger partial charge in [-0.1, -0.05) is 32.9 Å². The minimum absolute atomic E-state index is 0.0832. The maximum absolute atomic E-state index is 11.8. The molecule has 33 heavy (non-hydrogen) atoms. The van der Waals surface area contributed by atoms with Gasteiger partial charge < -0.3 is 25.8 Å². The number of aliphatic hydroxyl groups excluding tert-OH is 1. The normalized spacial score (nSPS) is 13.3. The first-order chi connectivity index (χ1) is 15.7. The number of aromatic nitrogens is 2. The number of amides is 1. The standard InChI is InChI=1S/C12H18N4O.C11H19NO2.C2H6/c1-6-14-11-15-8(2)7-9(16-11)12(3,4)10(17)13-5;1-3-12-8-9-5-4-6-11(14-2)10(13)7-9;1-2/h6-7H,1H2,2-5H3,(H,13,17)(H,14,15,16);7,12-13H,3-6,8H2,1-2H3;1-2H3. The zero-order valence-corrected chi connectivity index (χ0v) is 21.6. The molecule has 1 aliphatic rings. The highest BCUT2D eigenvalue weighted by atomic mass is 16.5. The molecule has 8 nitrogen and oxygen atoms in total. The lowest BCUT2D eigenvalue weighted by molar-refractivity contribution is -0.125. The van der Waals surface area contributed by atoms with E-state index in [-0.39, 0.29) is 11.7 Å². The summed E-state index contributed by atoms with van der Waals surface area (Å²) in [6.07, 6.45) is 6.24. The number of aliphatic hydroxyl groups is 1. The Morgan fingerprint density at radius 3 is 2.52 bits per heavy atom. The largest absolute Gasteiger partial charge is 0.504 e. The van der Waals surface area contributed by atoms with Crippen molar-refractivity contribution in [2.24, 2.45) is 0 Å². The predicted octanol–water partition coefficient (Wildman–Crippen LogP) is 4.51. The van der Waals surface area contributed by atoms with E-state index in [0.29, 0.717) is 17.4 Å². The quantitative estimate of drug-likeness (QED) is 0.451. The van der Waals surface area contributed by atoms with Gasteiger partial charge in [0.15, 0.2) is 5.76 Å². The minimum Gasteiger partial charge on any atom is -0.504 e. The Morgan fingerprint density at radius 1 is 1.30 bits per heavy atom. The van der Waals surface area contributed by atoms with Gasteiger partial charge in [0.05, 0.1) is 18.2 Å². The van der Waals surface area contributed by atoms with Crippen molar-refractivity contribution < 1.29 is 14.6 Å². The number of rotatable bonds is 8. The van der Waals surface area contributed by atoms with Crippen LogP contribution in [0.25, 0.3) is 0 Å². The fraction of sp³-hybridized carbons (Fsp3) is 0.560. The van der Waals surface area contributed by atoms with Crippen LogP contribution in [0, 0.1) is 6.92 Å². The first-order valence-electron chi connectivity index (χ1n) is 11.5. The van der Waals surface area contributed by atoms with E-state index in [1.54, 1.807) is 14.2 Å². The van der Waals surface area contributed by atoms with Crippen molar-refractivity contribution in [3.63, 3.8) is 0 Å². The number of allylic oxidation sites excluding steroid dienone is 2. The van der Waals surface area contributed by atoms with E-state index < -0.39 is 5.41 Å². The first-order valence-corrected chi connectivity index (χ1v) is 11.5. The van der Waals surface area contributed by atoms with Gasteiger partial charge in [-0.3, -0.25) is 4.79 Å². The fourth-order valence-corrected chi connectivity index (χ4v) is 3.06. The van der Waals surface area contributed by atoms with Crippen LogP contribution in [0.1, 0.15) is 65.3 Å². The van der Waals surface area contributed by atoms with Crippen LogP contribution in [0.4, 0.5) is 5.95 Å². The Bertz CT molecular complexity index is 816. The van der Waals surface area contributed by atoms with E-state index in [1.807, 2.05) is 46.8 Å². The summed E-state index contributed by atoms with van der Waals surface area (Å²) in [4.78, 5) is 20.3. The maximum atomic E-state index is 11.8. The van der Waals surface area contributed by atoms with Crippen LogP contribution in [0.15, 0.2) is 42.0 Å². The number of carbonyl (C=O) groups excluding carboxylic acids is 1. The van der Waals surface area contributed by atoms with E-state index in [0.717, 1.165) is 38.0 Å². The third-order valence-corrected chi connectivity index (χ3v) is 4.90. The number of hydrogen-bond acceptors (Lipinski definition) is 7. The van der Waals surface area contributed by atoms with E-state index in [4.69, 9.17) is 4.74 Å². The van der Waals surface area contributed by atoms with Gasteiger partial charge in [-0.05, 0) is 58.5 Å². The summed E-state index contributed by atoms with van der Waals surface area (Å²) in [5.41, 5.74) is 2.03. The molecular weight excluding hydrogens is 418 g/mol. The summed E-state index contributed by atoms with van der Waals surface area (Å²) >= 11 is 0. The second-order valence-electron chi connectivity index (χ2n) is 7.72. The summed E-state index contributed by atoms with van der Waals surface area (Å²) in [6.45, 7) is 17.0. The van der Waals surface area contributed by atoms with Gasteiger partial charge in [0, 0.05) is 25.7 Å². The van der Waals surface area contributed by atoms with Crippen molar-refractivity contribution in [2.45, 2.75) is 66.2 Å². The van der Waals surface area contributed by atoms with Crippen molar-refractivity contribution in [3.8, 4) is 0 Å². The van der Waals surface area contributed by atoms with Crippen molar-refractivity contribution in [1.82, 2.24) is 20.6 Å². The van der Waals surface area contributed by atoms with E-state index in [2.05, 4.69) is 39.4 Å². The van der Waals surface area contributed by atoms with Gasteiger partial charge in [-0.2, -0.15) is 0 Å². The summed E-state index contributed by atoms with van der Waals surface area (Å²) in [7, 11) is 3.22. The van der Waals surface area contributed by atoms with E-state index in [9.17, 15) is 9.90 Å². The molecule has 0 atom stereocenters. The molecule has 1 aliphatic carbocycles. The summed E-state index contributed by atoms with van der Waals surface area (Å²) < 4.78 is 5.10. The van der Waals surface area contributed by atoms with Crippen molar-refractivity contribution >= 4 is 11.9 Å². The lowest BCUT2D eigenvalue weighted by Crippen LogP contribution is -2.38. The Labute approximate surface area is 199 Å². The maximum Gasteiger partial charge on any atom is 0.231 e. The van der Waals surface area contributed by atoms with Crippen LogP contribution < -0.4 is 16.0 Å². The summed E-state index contributed by atoms with van der Waals surface area (Å²) in [5, 5.41) is 18.4. The molecule has 186 valence electrons. The predicted molar refractivity (Wildman–Crippen MR) is 136 cm³/mol. The molecule has 0 saturated carbocycles. The van der Waals surface area contributed by atoms with Crippen LogP contribution in [0.5, 0.6) is 0 Å². The number of likely N-dealkylation sites (N-methyl/N-ethyl adjacent to an activating group) is 2. The number of nitrogens with zero attached hydrogens (tertiary/aromatic N) is 2. The highest BCUT2D eigenvalue weighted by Crippen LogP contribution is 2.23. The van der Waals surface area contributed by atoms with Crippen LogP contribution in [0.2, 0.25) is 0 Å². The average Bonchev–Trinajstić information content (AvgIpc) is 2.99. The molecule has 0 fully saturated rings. The second-order valence-corrected chi connectivity index (χ2v) is 7.72. The lowest BCUT2D eigenvalue weighted by atomic mass is 9.87. The molecule has 0 aliphatic heterocycles. The van der Waals surface area contributed by atoms with Crippen molar-refractivity contribution in [3.05, 3.63) is 53.4 Å². The number of anilines is 1. The van der Waals surface area contributed by atoms with Crippen molar-refractivity contribution in [2.75, 3.05) is 32.6 Å². The van der Waals surface area contributed by atoms with E-state index in [1.165, 1.54) is 11.8 Å². The molecule has 0 radical (unpaired) electrons. The molecule has 1 heterocycles. The SMILES string of the molecule is C=CNc1nc(C)cc(C(C)(C)C(=O)NC)n1.CC.CCNCC1=CC(O)=C(OC)CCC1. The highest BCUT2D eigenvalue weighted by Gasteiger charge is 2.31. The fourth-order valence-electron chi connectivity index (χ4n) is 3.06. The summed E-state index contributed by atoms with van der Waals surface area (Å²) in [5.74, 6) is 1.36. The topological polar surface area (TPSA) is 108 Å². The minimum atomic E-state index is -0.694. The van der Waals surface area contributed by atoms with Gasteiger partial charge in [-0.25, -0.2) is 9.97 Å². The molecule has 1 amide bonds. The molecule has 0 bridgehead atoms. The van der Waals surface area contributed by atoms with Crippen LogP contribution >= 0.6 is 0 Å². The molecule has 2 rings (SSSR count). The molecule has 0 saturated heterocycles. The van der Waals surface area contributed by atoms with Crippen LogP contribution in [0.3, 0.4) is 0 Å². The molecule has 1 aromatic rings. The Morgan fingerprint density at radius 2 is 1.97 bits per heavy atom. The molecule has 0 aromatic carbocycles. The third-order valence-electron chi connectivity index (χ3n) is 4.90. The second kappa shape index (κ2) is 15.9. The van der Waals surface area contributed by atoms with Gasteiger partial charge >= 0.3 is 0 Å². The van der Waals surface area contributed by atoms with Gasteiger partial charge in [0.1, 0.15) is 5.76 Å². The number of aryl methyl sites for hydroxylation is 1. The molecule has 8 heteroatoms. The zero-order valence-electron chi connectivity index (χ0n) is 21.6. The average molecular weight is 462 g/mol. The Kier molecular flexibility index (Phi) is 14.5. The molecule has 1 aromatic heterocycles. The first kappa shape index (κ1) is 30.1. The summed E-state index contributed by atoms with van der Waals surface area (Å²) in [6, 6.07) is 1.81. The molecular formula is C25H43N5O3. The zero-order chi connectivity index (χ0) is 25.4. The Hall–Kier alpha value is -2.87. The molecule has 4 N–H and O–H groups in total. The molecule has 0 unspecified atom stereocenters. The number of hydrogen-bond donors (Lipinski definition) is 4. The number of carbonyl (C=O) groups is 1. The molecule has 0 spiro atoms. The highest BCUT2D eigenvalue weighted by molar-refractivity contribution is 5.86. The van der Waals surface area contributed by atoms with E-state index >= 15 is 0 Å². The van der Waals surface area contributed by atoms with Crippen molar-refractivity contribution in [1.29, 1.82) is 0 Å². The number of methoxy groups -OCH3 is 1. The van der Waals surface area contributed by atoms with Crippen LogP contribution in [-0.4, -0.2) is 48.2 Å². The third kappa shape index (κ3) is 10.1. The van der Waals surface area contributed by atoms with Gasteiger partial charge in [0.25, 0.3) is 0 Å². The number of nitrogens with one attached hydrogen (secondary N) is 3. The number of ether oxygens (including phenoxy) is 1. The smallest absolute Gasteiger partial charge is 0.231 e. The van der Waals surface area contributed by atoms with Gasteiger partial charge in [-0.15, -0.1) is 0 Å². The lowest BCUT2D eigenvalue weighted by Gasteiger charge is -2.22. The monoisotopic (exact) mass is 461 g/mol. The van der Waals surface area contributed by atoms with Crippen LogP contribution in [-0.2, 0) is 14.9 Å². The van der Waals surface area contributed by atoms with Gasteiger partial charge in [0.2, 0.25) is 11.9 Å². The Balaban J connectivity index is 0.000000586.